The van der Waals surface area contributed by atoms with Gasteiger partial charge in [0, 0.05) is 19.6 Å². The van der Waals surface area contributed by atoms with Crippen molar-refractivity contribution in [3.05, 3.63) is 29.8 Å². The number of aliphatic hydroxyl groups excluding tert-OH is 1. The quantitative estimate of drug-likeness (QED) is 0.850. The summed E-state index contributed by atoms with van der Waals surface area (Å²) in [5.74, 6) is 0.501. The van der Waals surface area contributed by atoms with E-state index in [2.05, 4.69) is 11.0 Å². The van der Waals surface area contributed by atoms with Crippen LogP contribution < -0.4 is 4.74 Å². The van der Waals surface area contributed by atoms with Crippen LogP contribution in [0.15, 0.2) is 24.3 Å². The van der Waals surface area contributed by atoms with Crippen LogP contribution in [0.25, 0.3) is 0 Å². The second kappa shape index (κ2) is 6.90. The molecule has 1 aromatic carbocycles. The number of aliphatic hydroxyl groups is 2. The third-order valence-electron chi connectivity index (χ3n) is 3.84. The Balaban J connectivity index is 1.78. The third kappa shape index (κ3) is 4.71. The Morgan fingerprint density at radius 2 is 2.05 bits per heavy atom. The maximum atomic E-state index is 10.0. The monoisotopic (exact) mass is 290 g/mol. The first kappa shape index (κ1) is 15.8. The molecule has 1 aliphatic rings. The Kier molecular flexibility index (Phi) is 5.18. The molecule has 0 saturated carbocycles. The fourth-order valence-corrected chi connectivity index (χ4v) is 2.44. The number of likely N-dealkylation sites (tertiary alicyclic amines) is 1. The molecule has 5 nitrogen and oxygen atoms in total. The molecule has 1 unspecified atom stereocenters. The van der Waals surface area contributed by atoms with Crippen molar-refractivity contribution in [1.82, 2.24) is 4.90 Å². The minimum absolute atomic E-state index is 0.158. The van der Waals surface area contributed by atoms with E-state index < -0.39 is 11.7 Å². The first-order valence-corrected chi connectivity index (χ1v) is 7.25. The van der Waals surface area contributed by atoms with Crippen LogP contribution in [0, 0.1) is 11.3 Å². The minimum atomic E-state index is -0.611. The van der Waals surface area contributed by atoms with Gasteiger partial charge in [-0.3, -0.25) is 0 Å². The summed E-state index contributed by atoms with van der Waals surface area (Å²) in [5, 5.41) is 28.9. The highest BCUT2D eigenvalue weighted by Gasteiger charge is 2.28. The van der Waals surface area contributed by atoms with Crippen molar-refractivity contribution < 1.29 is 14.9 Å². The van der Waals surface area contributed by atoms with Gasteiger partial charge in [0.25, 0.3) is 0 Å². The molecular weight excluding hydrogens is 268 g/mol. The maximum absolute atomic E-state index is 10.0. The lowest BCUT2D eigenvalue weighted by Gasteiger charge is -2.36. The highest BCUT2D eigenvalue weighted by molar-refractivity contribution is 5.42. The highest BCUT2D eigenvalue weighted by atomic mass is 16.5. The number of nitriles is 1. The minimum Gasteiger partial charge on any atom is -0.489 e. The van der Waals surface area contributed by atoms with E-state index in [-0.39, 0.29) is 6.61 Å². The van der Waals surface area contributed by atoms with Gasteiger partial charge in [-0.2, -0.15) is 5.26 Å². The van der Waals surface area contributed by atoms with Gasteiger partial charge in [0.05, 0.1) is 11.2 Å². The zero-order valence-corrected chi connectivity index (χ0v) is 12.3. The molecule has 1 atom stereocenters. The number of hydrogen-bond acceptors (Lipinski definition) is 5. The van der Waals surface area contributed by atoms with Crippen molar-refractivity contribution >= 4 is 0 Å². The third-order valence-corrected chi connectivity index (χ3v) is 3.84. The summed E-state index contributed by atoms with van der Waals surface area (Å²) in [6.45, 7) is 4.08. The molecule has 1 aliphatic heterocycles. The van der Waals surface area contributed by atoms with Crippen molar-refractivity contribution in [3.8, 4) is 11.8 Å². The van der Waals surface area contributed by atoms with Crippen molar-refractivity contribution in [2.75, 3.05) is 26.2 Å². The van der Waals surface area contributed by atoms with Crippen LogP contribution in [-0.4, -0.2) is 53.1 Å². The van der Waals surface area contributed by atoms with E-state index in [1.165, 1.54) is 0 Å². The molecule has 1 fully saturated rings. The molecule has 21 heavy (non-hydrogen) atoms. The Hall–Kier alpha value is -1.61. The van der Waals surface area contributed by atoms with Gasteiger partial charge in [0.2, 0.25) is 0 Å². The lowest BCUT2D eigenvalue weighted by Crippen LogP contribution is -2.46. The lowest BCUT2D eigenvalue weighted by atomic mass is 9.94. The summed E-state index contributed by atoms with van der Waals surface area (Å²) >= 11 is 0. The SMILES string of the molecule is CC1(O)CCN(CC(O)COc2ccccc2C#N)CC1. The highest BCUT2D eigenvalue weighted by Crippen LogP contribution is 2.21. The molecule has 114 valence electrons. The topological polar surface area (TPSA) is 76.7 Å². The van der Waals surface area contributed by atoms with Crippen LogP contribution in [0.5, 0.6) is 5.75 Å². The Bertz CT molecular complexity index is 500. The summed E-state index contributed by atoms with van der Waals surface area (Å²) < 4.78 is 5.52. The fraction of sp³-hybridized carbons (Fsp3) is 0.562. The van der Waals surface area contributed by atoms with Crippen molar-refractivity contribution in [2.24, 2.45) is 0 Å². The van der Waals surface area contributed by atoms with Crippen molar-refractivity contribution in [3.63, 3.8) is 0 Å². The normalized spacial score (nSPS) is 19.7. The molecular formula is C16H22N2O3. The summed E-state index contributed by atoms with van der Waals surface area (Å²) in [5.41, 5.74) is -0.109. The number of ether oxygens (including phenoxy) is 1. The molecule has 1 aromatic rings. The molecule has 0 aromatic heterocycles. The van der Waals surface area contributed by atoms with Crippen LogP contribution in [0.4, 0.5) is 0 Å². The average Bonchev–Trinajstić information content (AvgIpc) is 2.47. The molecule has 0 amide bonds. The number of hydrogen-bond donors (Lipinski definition) is 2. The van der Waals surface area contributed by atoms with E-state index in [9.17, 15) is 10.2 Å². The fourth-order valence-electron chi connectivity index (χ4n) is 2.44. The molecule has 1 saturated heterocycles. The van der Waals surface area contributed by atoms with Gasteiger partial charge in [-0.15, -0.1) is 0 Å². The first-order chi connectivity index (χ1) is 10.00. The lowest BCUT2D eigenvalue weighted by molar-refractivity contribution is -0.0201. The summed E-state index contributed by atoms with van der Waals surface area (Å²) in [6, 6.07) is 9.06. The number of β-amino-alcohol motifs (C(OH)–C–C–N with tert-alkyl or cyclic N) is 1. The maximum Gasteiger partial charge on any atom is 0.137 e. The summed E-state index contributed by atoms with van der Waals surface area (Å²) in [4.78, 5) is 2.13. The van der Waals surface area contributed by atoms with Crippen LogP contribution in [0.3, 0.4) is 0 Å². The number of nitrogens with zero attached hydrogens (tertiary/aromatic N) is 2. The predicted octanol–water partition coefficient (Wildman–Crippen LogP) is 1.14. The van der Waals surface area contributed by atoms with E-state index >= 15 is 0 Å². The summed E-state index contributed by atoms with van der Waals surface area (Å²) in [6.07, 6.45) is 0.829. The molecule has 0 aliphatic carbocycles. The number of para-hydroxylation sites is 1. The average molecular weight is 290 g/mol. The predicted molar refractivity (Wildman–Crippen MR) is 79.0 cm³/mol. The Morgan fingerprint density at radius 3 is 2.71 bits per heavy atom. The van der Waals surface area contributed by atoms with Gasteiger partial charge in [-0.25, -0.2) is 0 Å². The Morgan fingerprint density at radius 1 is 1.38 bits per heavy atom. The molecule has 2 N–H and O–H groups in total. The van der Waals surface area contributed by atoms with Gasteiger partial charge >= 0.3 is 0 Å². The van der Waals surface area contributed by atoms with Gasteiger partial charge in [-0.1, -0.05) is 12.1 Å². The van der Waals surface area contributed by atoms with Crippen LogP contribution in [-0.2, 0) is 0 Å². The molecule has 0 radical (unpaired) electrons. The van der Waals surface area contributed by atoms with Crippen molar-refractivity contribution in [1.29, 1.82) is 5.26 Å². The van der Waals surface area contributed by atoms with E-state index in [0.717, 1.165) is 25.9 Å². The van der Waals surface area contributed by atoms with E-state index in [0.29, 0.717) is 17.9 Å². The van der Waals surface area contributed by atoms with Crippen LogP contribution in [0.1, 0.15) is 25.3 Å². The molecule has 5 heteroatoms. The molecule has 0 spiro atoms. The first-order valence-electron chi connectivity index (χ1n) is 7.25. The van der Waals surface area contributed by atoms with Crippen molar-refractivity contribution in [2.45, 2.75) is 31.5 Å². The van der Waals surface area contributed by atoms with Crippen LogP contribution in [0.2, 0.25) is 0 Å². The van der Waals surface area contributed by atoms with E-state index in [4.69, 9.17) is 10.00 Å². The van der Waals surface area contributed by atoms with E-state index in [1.54, 1.807) is 24.3 Å². The van der Waals surface area contributed by atoms with Gasteiger partial charge < -0.3 is 19.8 Å². The zero-order valence-electron chi connectivity index (χ0n) is 12.3. The zero-order chi connectivity index (χ0) is 15.3. The standard InChI is InChI=1S/C16H22N2O3/c1-16(20)6-8-18(9-7-16)11-14(19)12-21-15-5-3-2-4-13(15)10-17/h2-5,14,19-20H,6-9,11-12H2,1H3. The largest absolute Gasteiger partial charge is 0.489 e. The summed E-state index contributed by atoms with van der Waals surface area (Å²) in [7, 11) is 0. The van der Waals surface area contributed by atoms with Gasteiger partial charge in [0.15, 0.2) is 0 Å². The Labute approximate surface area is 125 Å². The molecule has 1 heterocycles. The number of rotatable bonds is 5. The van der Waals surface area contributed by atoms with E-state index in [1.807, 2.05) is 6.92 Å². The molecule has 2 rings (SSSR count). The van der Waals surface area contributed by atoms with Gasteiger partial charge in [-0.05, 0) is 31.9 Å². The van der Waals surface area contributed by atoms with Gasteiger partial charge in [0.1, 0.15) is 24.5 Å². The number of benzene rings is 1. The smallest absolute Gasteiger partial charge is 0.137 e. The number of piperidine rings is 1. The van der Waals surface area contributed by atoms with Crippen LogP contribution >= 0.6 is 0 Å². The second-order valence-electron chi connectivity index (χ2n) is 5.87. The molecule has 0 bridgehead atoms. The second-order valence-corrected chi connectivity index (χ2v) is 5.87.